The number of fused-ring (bicyclic) bond motifs is 6. The Bertz CT molecular complexity index is 5200. The Labute approximate surface area is 575 Å². The molecule has 97 heavy (non-hydrogen) atoms. The van der Waals surface area contributed by atoms with Crippen LogP contribution in [-0.4, -0.2) is 131 Å². The van der Waals surface area contributed by atoms with Gasteiger partial charge in [-0.05, 0) is 93.6 Å². The number of H-pyrrole nitrogens is 6. The normalized spacial score (nSPS) is 10.5. The third kappa shape index (κ3) is 18.3. The molecule has 0 aromatic carbocycles. The highest BCUT2D eigenvalue weighted by Crippen LogP contribution is 2.33. The van der Waals surface area contributed by atoms with Crippen LogP contribution < -0.4 is 22.5 Å². The number of nitrogens with two attached hydrogens (primary N) is 3. The first kappa shape index (κ1) is 70.9. The SMILES string of the molecule is C.CC(C)(C)OC(=O)Nc1csc(-c2c[nH]c3ncccc23)n1.N#Cc1c[nH]c2ncccc12.NC(=O)c1c[nH]c2ncccc12.NC(=S)c1c[nH]c2ncccc12.Nc1csc(-c2c[nH]c3ncccc23)n1.O=C(O)C(=O)CBr.O=C(O)c1csc(-c2c[nH]c3ncccc23)n1. The number of ketones is 1. The molecule has 15 rings (SSSR count). The van der Waals surface area contributed by atoms with Crippen LogP contribution in [0.5, 0.6) is 0 Å². The van der Waals surface area contributed by atoms with Crippen LogP contribution in [0.2, 0.25) is 0 Å². The molecule has 0 aliphatic rings. The number of aromatic amines is 6. The molecule has 492 valence electrons. The fourth-order valence-corrected chi connectivity index (χ4v) is 11.3. The third-order valence-electron chi connectivity index (χ3n) is 12.8. The quantitative estimate of drug-likeness (QED) is 0.0363. The number of nitrogens with zero attached hydrogens (tertiary/aromatic N) is 10. The molecule has 0 spiro atoms. The summed E-state index contributed by atoms with van der Waals surface area (Å²) in [6.07, 6.45) is 20.4. The molecule has 0 saturated heterocycles. The number of aliphatic carboxylic acids is 1. The molecule has 0 bridgehead atoms. The van der Waals surface area contributed by atoms with Gasteiger partial charge in [-0.2, -0.15) is 5.26 Å². The van der Waals surface area contributed by atoms with Crippen LogP contribution >= 0.6 is 62.2 Å². The second kappa shape index (κ2) is 32.7. The van der Waals surface area contributed by atoms with Crippen LogP contribution in [0.25, 0.3) is 97.9 Å². The van der Waals surface area contributed by atoms with E-state index >= 15 is 0 Å². The molecule has 0 fully saturated rings. The Morgan fingerprint density at radius 2 is 0.969 bits per heavy atom. The fourth-order valence-electron chi connectivity index (χ4n) is 8.59. The van der Waals surface area contributed by atoms with Gasteiger partial charge in [0.25, 0.3) is 5.91 Å². The van der Waals surface area contributed by atoms with Crippen molar-refractivity contribution in [3.63, 3.8) is 0 Å². The highest BCUT2D eigenvalue weighted by molar-refractivity contribution is 9.09. The average Bonchev–Trinajstić information content (AvgIpc) is 1.68. The molecule has 0 aliphatic heterocycles. The number of aromatic nitrogens is 15. The zero-order chi connectivity index (χ0) is 68.5. The number of aromatic carboxylic acids is 1. The van der Waals surface area contributed by atoms with Crippen LogP contribution in [0, 0.1) is 11.3 Å². The number of carboxylic acid groups (broad SMARTS) is 2. The molecule has 0 atom stereocenters. The van der Waals surface area contributed by atoms with Crippen molar-refractivity contribution < 1.29 is 38.9 Å². The van der Waals surface area contributed by atoms with Gasteiger partial charge in [0.05, 0.1) is 16.5 Å². The van der Waals surface area contributed by atoms with Gasteiger partial charge in [0.1, 0.15) is 77.2 Å². The number of hydrogen-bond acceptors (Lipinski definition) is 21. The zero-order valence-corrected chi connectivity index (χ0v) is 55.2. The number of amides is 2. The molecule has 0 radical (unpaired) electrons. The van der Waals surface area contributed by atoms with Gasteiger partial charge in [-0.25, -0.2) is 59.2 Å². The number of alkyl halides is 1. The summed E-state index contributed by atoms with van der Waals surface area (Å²) >= 11 is 11.9. The Morgan fingerprint density at radius 3 is 1.37 bits per heavy atom. The number of thiazole rings is 3. The van der Waals surface area contributed by atoms with E-state index < -0.39 is 35.3 Å². The number of anilines is 2. The van der Waals surface area contributed by atoms with Gasteiger partial charge in [-0.15, -0.1) is 34.0 Å². The molecule has 28 nitrogen and oxygen atoms in total. The smallest absolute Gasteiger partial charge is 0.413 e. The summed E-state index contributed by atoms with van der Waals surface area (Å²) in [5.41, 5.74) is 25.4. The largest absolute Gasteiger partial charge is 0.476 e. The number of carbonyl (C=O) groups excluding carboxylic acids is 3. The lowest BCUT2D eigenvalue weighted by atomic mass is 10.2. The number of rotatable bonds is 9. The Balaban J connectivity index is 0.000000148. The minimum atomic E-state index is -1.39. The van der Waals surface area contributed by atoms with Gasteiger partial charge in [-0.1, -0.05) is 35.6 Å². The van der Waals surface area contributed by atoms with Crippen LogP contribution in [-0.2, 0) is 14.3 Å². The molecule has 2 amide bonds. The van der Waals surface area contributed by atoms with Crippen molar-refractivity contribution in [1.29, 1.82) is 5.26 Å². The van der Waals surface area contributed by atoms with Gasteiger partial charge in [0, 0.05) is 145 Å². The standard InChI is InChI=1S/C15H16N4O2S.C11H7N3O2S.C10H8N4S.C8H7N3O.C8H7N3S.C8H5N3.C3H3BrO3.CH4/c1-15(2,3)21-14(20)19-11-8-22-13(18-11)10-7-17-12-9(10)5-4-6-16-12;15-11(16)8-5-17-10(14-8)7-4-13-9-6(7)2-1-3-12-9;11-8-5-15-10(14-8)7-4-13-9-6(7)2-1-3-12-9;2*9-7(12)6-4-11-8-5(6)2-1-3-10-8;9-4-6-5-11-8-7(6)2-1-3-10-8;4-1-2(5)3(6)7;/h4-8H,1-3H3,(H,16,17)(H,19,20);1-5H,(H,12,13)(H,15,16);1-5H,11H2,(H,12,13);2*1-4H,(H2,9,12)(H,10,11);1-3,5H,(H,10,11);1H2,(H,6,7);1H4. The maximum Gasteiger partial charge on any atom is 0.413 e. The summed E-state index contributed by atoms with van der Waals surface area (Å²) in [5, 5.41) is 41.0. The lowest BCUT2D eigenvalue weighted by Gasteiger charge is -2.19. The predicted octanol–water partition coefficient (Wildman–Crippen LogP) is 12.7. The van der Waals surface area contributed by atoms with Crippen LogP contribution in [0.1, 0.15) is 60.2 Å². The molecule has 0 unspecified atom stereocenters. The van der Waals surface area contributed by atoms with Crippen molar-refractivity contribution in [3.8, 4) is 37.8 Å². The number of carbonyl (C=O) groups is 5. The summed E-state index contributed by atoms with van der Waals surface area (Å²) in [5.74, 6) is -2.61. The van der Waals surface area contributed by atoms with Crippen molar-refractivity contribution in [2.24, 2.45) is 11.5 Å². The molecule has 0 aliphatic carbocycles. The number of nitriles is 1. The van der Waals surface area contributed by atoms with Crippen molar-refractivity contribution in [2.45, 2.75) is 33.8 Å². The highest BCUT2D eigenvalue weighted by atomic mass is 79.9. The van der Waals surface area contributed by atoms with Gasteiger partial charge < -0.3 is 62.1 Å². The lowest BCUT2D eigenvalue weighted by Crippen LogP contribution is -2.27. The lowest BCUT2D eigenvalue weighted by molar-refractivity contribution is -0.147. The number of pyridine rings is 6. The molecule has 33 heteroatoms. The fraction of sp³-hybridized carbons (Fsp3) is 0.0938. The van der Waals surface area contributed by atoms with Gasteiger partial charge in [0.2, 0.25) is 5.78 Å². The molecule has 15 N–H and O–H groups in total. The van der Waals surface area contributed by atoms with E-state index in [4.69, 9.17) is 49.6 Å². The van der Waals surface area contributed by atoms with Gasteiger partial charge in [0.15, 0.2) is 5.69 Å². The molecule has 15 heterocycles. The maximum atomic E-state index is 11.8. The van der Waals surface area contributed by atoms with Crippen molar-refractivity contribution in [1.82, 2.24) is 74.8 Å². The van der Waals surface area contributed by atoms with Crippen LogP contribution in [0.4, 0.5) is 16.4 Å². The third-order valence-corrected chi connectivity index (χ3v) is 16.2. The second-order valence-corrected chi connectivity index (χ2v) is 24.0. The van der Waals surface area contributed by atoms with E-state index in [1.807, 2.05) is 99.2 Å². The Hall–Kier alpha value is -12.0. The van der Waals surface area contributed by atoms with Crippen LogP contribution in [0.15, 0.2) is 163 Å². The molecular weight excluding hydrogens is 1390 g/mol. The molecule has 0 saturated carbocycles. The van der Waals surface area contributed by atoms with E-state index in [9.17, 15) is 24.0 Å². The predicted molar refractivity (Wildman–Crippen MR) is 383 cm³/mol. The summed E-state index contributed by atoms with van der Waals surface area (Å²) in [6, 6.07) is 24.7. The first-order valence-electron chi connectivity index (χ1n) is 27.9. The number of thiocarbonyl (C=S) groups is 1. The molecule has 15 aromatic heterocycles. The summed E-state index contributed by atoms with van der Waals surface area (Å²) in [7, 11) is 0. The minimum absolute atomic E-state index is 0. The Kier molecular flexibility index (Phi) is 23.9. The minimum Gasteiger partial charge on any atom is -0.476 e. The van der Waals surface area contributed by atoms with Crippen molar-refractivity contribution in [2.75, 3.05) is 16.4 Å². The number of Topliss-reactive ketones (excluding diaryl/α,β-unsaturated/α-hetero) is 1. The summed E-state index contributed by atoms with van der Waals surface area (Å²) < 4.78 is 5.21. The van der Waals surface area contributed by atoms with E-state index in [1.54, 1.807) is 79.5 Å². The highest BCUT2D eigenvalue weighted by Gasteiger charge is 2.19. The number of ether oxygens (including phenoxy) is 1. The first-order valence-corrected chi connectivity index (χ1v) is 32.1. The first-order chi connectivity index (χ1) is 46.2. The van der Waals surface area contributed by atoms with E-state index in [2.05, 4.69) is 102 Å². The van der Waals surface area contributed by atoms with Crippen LogP contribution in [0.3, 0.4) is 0 Å². The number of primary amides is 1. The monoisotopic (exact) mass is 1440 g/mol. The number of nitrogen functional groups attached to an aromatic ring is 1. The van der Waals surface area contributed by atoms with Gasteiger partial charge >= 0.3 is 18.0 Å². The average molecular weight is 1440 g/mol. The van der Waals surface area contributed by atoms with Gasteiger partial charge in [-0.3, -0.25) is 14.9 Å². The van der Waals surface area contributed by atoms with E-state index in [-0.39, 0.29) is 18.5 Å². The number of carboxylic acids is 2. The van der Waals surface area contributed by atoms with Crippen molar-refractivity contribution >= 4 is 175 Å². The molecule has 15 aromatic rings. The molecular formula is C64H57BrN20O8S4. The second-order valence-electron chi connectivity index (χ2n) is 20.4. The number of nitrogens with one attached hydrogen (secondary N) is 7. The van der Waals surface area contributed by atoms with E-state index in [0.717, 1.165) is 92.8 Å². The van der Waals surface area contributed by atoms with Crippen molar-refractivity contribution in [3.05, 3.63) is 186 Å². The summed E-state index contributed by atoms with van der Waals surface area (Å²) in [6.45, 7) is 5.45. The number of halogens is 1. The van der Waals surface area contributed by atoms with E-state index in [0.29, 0.717) is 38.4 Å². The zero-order valence-electron chi connectivity index (χ0n) is 50.4. The van der Waals surface area contributed by atoms with E-state index in [1.165, 1.54) is 39.4 Å². The summed E-state index contributed by atoms with van der Waals surface area (Å²) in [4.78, 5) is 109. The maximum absolute atomic E-state index is 11.8. The number of hydrogen-bond donors (Lipinski definition) is 12. The Morgan fingerprint density at radius 1 is 0.577 bits per heavy atom. The topological polar surface area (TPSA) is 460 Å².